The van der Waals surface area contributed by atoms with Crippen LogP contribution in [0.3, 0.4) is 0 Å². The highest BCUT2D eigenvalue weighted by Crippen LogP contribution is 2.27. The molecule has 0 aliphatic carbocycles. The van der Waals surface area contributed by atoms with Gasteiger partial charge in [-0.1, -0.05) is 48.0 Å². The smallest absolute Gasteiger partial charge is 0.256 e. The number of hydrogen-bond acceptors (Lipinski definition) is 5. The molecule has 1 fully saturated rings. The van der Waals surface area contributed by atoms with Gasteiger partial charge < -0.3 is 15.0 Å². The number of amides is 1. The number of rotatable bonds is 6. The number of carbonyl (C=O) groups is 1. The number of ether oxygens (including phenoxy) is 1. The van der Waals surface area contributed by atoms with Crippen molar-refractivity contribution < 1.29 is 9.53 Å². The molecule has 2 heterocycles. The minimum Gasteiger partial charge on any atom is -0.376 e. The summed E-state index contributed by atoms with van der Waals surface area (Å²) in [5, 5.41) is 2.99. The van der Waals surface area contributed by atoms with E-state index in [0.29, 0.717) is 23.8 Å². The molecule has 1 N–H and O–H groups in total. The van der Waals surface area contributed by atoms with Crippen molar-refractivity contribution in [3.63, 3.8) is 0 Å². The van der Waals surface area contributed by atoms with Gasteiger partial charge in [-0.25, -0.2) is 9.97 Å². The number of aryl methyl sites for hydroxylation is 1. The fraction of sp³-hybridized carbons (Fsp3) is 0.292. The van der Waals surface area contributed by atoms with Crippen LogP contribution in [0.1, 0.15) is 28.8 Å². The third-order valence-electron chi connectivity index (χ3n) is 5.30. The van der Waals surface area contributed by atoms with E-state index in [2.05, 4.69) is 10.3 Å². The van der Waals surface area contributed by atoms with Gasteiger partial charge in [-0.3, -0.25) is 4.79 Å². The molecule has 2 aromatic carbocycles. The first-order chi connectivity index (χ1) is 14.6. The topological polar surface area (TPSA) is 67.4 Å². The molecular formula is C24H26N4O2. The SMILES string of the molecule is Cc1ccc(N(C)c2nc(-c3ccccc3)ncc2C(=O)NCC2CCCO2)cc1. The van der Waals surface area contributed by atoms with Gasteiger partial charge in [0.25, 0.3) is 5.91 Å². The zero-order valence-electron chi connectivity index (χ0n) is 17.3. The van der Waals surface area contributed by atoms with Gasteiger partial charge in [0, 0.05) is 37.6 Å². The minimum atomic E-state index is -0.195. The van der Waals surface area contributed by atoms with Crippen LogP contribution in [-0.4, -0.2) is 42.2 Å². The number of aromatic nitrogens is 2. The maximum absolute atomic E-state index is 13.0. The van der Waals surface area contributed by atoms with E-state index in [-0.39, 0.29) is 12.0 Å². The van der Waals surface area contributed by atoms with Gasteiger partial charge in [-0.15, -0.1) is 0 Å². The van der Waals surface area contributed by atoms with Crippen LogP contribution in [0.15, 0.2) is 60.8 Å². The quantitative estimate of drug-likeness (QED) is 0.672. The molecule has 1 atom stereocenters. The first-order valence-electron chi connectivity index (χ1n) is 10.2. The van der Waals surface area contributed by atoms with Gasteiger partial charge in [-0.2, -0.15) is 0 Å². The van der Waals surface area contributed by atoms with Crippen LogP contribution in [-0.2, 0) is 4.74 Å². The highest BCUT2D eigenvalue weighted by Gasteiger charge is 2.22. The Morgan fingerprint density at radius 2 is 1.93 bits per heavy atom. The monoisotopic (exact) mass is 402 g/mol. The van der Waals surface area contributed by atoms with Gasteiger partial charge in [0.15, 0.2) is 5.82 Å². The molecule has 0 spiro atoms. The van der Waals surface area contributed by atoms with Gasteiger partial charge in [0.2, 0.25) is 0 Å². The van der Waals surface area contributed by atoms with Crippen molar-refractivity contribution in [3.05, 3.63) is 71.9 Å². The second kappa shape index (κ2) is 9.05. The highest BCUT2D eigenvalue weighted by atomic mass is 16.5. The Hall–Kier alpha value is -3.25. The summed E-state index contributed by atoms with van der Waals surface area (Å²) in [6.45, 7) is 3.30. The number of anilines is 2. The molecule has 0 radical (unpaired) electrons. The van der Waals surface area contributed by atoms with Crippen LogP contribution in [0.25, 0.3) is 11.4 Å². The number of nitrogens with one attached hydrogen (secondary N) is 1. The molecule has 154 valence electrons. The van der Waals surface area contributed by atoms with Gasteiger partial charge in [0.1, 0.15) is 11.4 Å². The van der Waals surface area contributed by atoms with Crippen molar-refractivity contribution in [2.45, 2.75) is 25.9 Å². The van der Waals surface area contributed by atoms with E-state index in [9.17, 15) is 4.79 Å². The van der Waals surface area contributed by atoms with Crippen LogP contribution >= 0.6 is 0 Å². The van der Waals surface area contributed by atoms with E-state index >= 15 is 0 Å². The summed E-state index contributed by atoms with van der Waals surface area (Å²) in [6, 6.07) is 17.9. The molecule has 6 heteroatoms. The molecule has 0 saturated carbocycles. The lowest BCUT2D eigenvalue weighted by atomic mass is 10.1. The summed E-state index contributed by atoms with van der Waals surface area (Å²) in [5.74, 6) is 0.955. The molecule has 1 saturated heterocycles. The Labute approximate surface area is 176 Å². The number of hydrogen-bond donors (Lipinski definition) is 1. The molecule has 0 bridgehead atoms. The van der Waals surface area contributed by atoms with Crippen molar-refractivity contribution in [1.29, 1.82) is 0 Å². The van der Waals surface area contributed by atoms with Crippen molar-refractivity contribution in [2.75, 3.05) is 25.1 Å². The Kier molecular flexibility index (Phi) is 6.05. The third-order valence-corrected chi connectivity index (χ3v) is 5.30. The second-order valence-electron chi connectivity index (χ2n) is 7.54. The maximum atomic E-state index is 13.0. The van der Waals surface area contributed by atoms with Crippen LogP contribution in [0.5, 0.6) is 0 Å². The van der Waals surface area contributed by atoms with Crippen LogP contribution in [0.4, 0.5) is 11.5 Å². The molecular weight excluding hydrogens is 376 g/mol. The predicted octanol–water partition coefficient (Wildman–Crippen LogP) is 4.13. The Balaban J connectivity index is 1.67. The van der Waals surface area contributed by atoms with Gasteiger partial charge >= 0.3 is 0 Å². The lowest BCUT2D eigenvalue weighted by molar-refractivity contribution is 0.0857. The molecule has 3 aromatic rings. The van der Waals surface area contributed by atoms with E-state index in [1.165, 1.54) is 5.56 Å². The zero-order valence-corrected chi connectivity index (χ0v) is 17.3. The summed E-state index contributed by atoms with van der Waals surface area (Å²) < 4.78 is 5.62. The molecule has 30 heavy (non-hydrogen) atoms. The average molecular weight is 402 g/mol. The largest absolute Gasteiger partial charge is 0.376 e. The number of nitrogens with zero attached hydrogens (tertiary/aromatic N) is 3. The first-order valence-corrected chi connectivity index (χ1v) is 10.2. The summed E-state index contributed by atoms with van der Waals surface area (Å²) >= 11 is 0. The van der Waals surface area contributed by atoms with E-state index in [1.54, 1.807) is 6.20 Å². The fourth-order valence-electron chi connectivity index (χ4n) is 3.51. The average Bonchev–Trinajstić information content (AvgIpc) is 3.31. The van der Waals surface area contributed by atoms with E-state index in [0.717, 1.165) is 30.7 Å². The van der Waals surface area contributed by atoms with Crippen molar-refractivity contribution in [1.82, 2.24) is 15.3 Å². The normalized spacial score (nSPS) is 15.7. The van der Waals surface area contributed by atoms with E-state index in [1.807, 2.05) is 73.5 Å². The van der Waals surface area contributed by atoms with Crippen molar-refractivity contribution in [2.24, 2.45) is 0 Å². The zero-order chi connectivity index (χ0) is 20.9. The maximum Gasteiger partial charge on any atom is 0.256 e. The Bertz CT molecular complexity index is 999. The first kappa shape index (κ1) is 20.0. The third kappa shape index (κ3) is 4.49. The van der Waals surface area contributed by atoms with Crippen molar-refractivity contribution >= 4 is 17.4 Å². The summed E-state index contributed by atoms with van der Waals surface area (Å²) in [6.07, 6.45) is 3.70. The molecule has 1 amide bonds. The highest BCUT2D eigenvalue weighted by molar-refractivity contribution is 5.99. The van der Waals surface area contributed by atoms with Gasteiger partial charge in [0.05, 0.1) is 6.10 Å². The Morgan fingerprint density at radius 3 is 2.63 bits per heavy atom. The number of benzene rings is 2. The van der Waals surface area contributed by atoms with Crippen LogP contribution in [0.2, 0.25) is 0 Å². The summed E-state index contributed by atoms with van der Waals surface area (Å²) in [4.78, 5) is 24.1. The summed E-state index contributed by atoms with van der Waals surface area (Å²) in [5.41, 5.74) is 3.47. The predicted molar refractivity (Wildman–Crippen MR) is 118 cm³/mol. The van der Waals surface area contributed by atoms with Gasteiger partial charge in [-0.05, 0) is 31.9 Å². The standard InChI is InChI=1S/C24H26N4O2/c1-17-10-12-19(13-11-17)28(2)23-21(24(29)26-15-20-9-6-14-30-20)16-25-22(27-23)18-7-4-3-5-8-18/h3-5,7-8,10-13,16,20H,6,9,14-15H2,1-2H3,(H,26,29). The van der Waals surface area contributed by atoms with E-state index in [4.69, 9.17) is 9.72 Å². The lowest BCUT2D eigenvalue weighted by Crippen LogP contribution is -2.33. The molecule has 4 rings (SSSR count). The Morgan fingerprint density at radius 1 is 1.17 bits per heavy atom. The molecule has 1 unspecified atom stereocenters. The fourth-order valence-corrected chi connectivity index (χ4v) is 3.51. The molecule has 1 aromatic heterocycles. The van der Waals surface area contributed by atoms with Crippen LogP contribution < -0.4 is 10.2 Å². The van der Waals surface area contributed by atoms with Crippen LogP contribution in [0, 0.1) is 6.92 Å². The van der Waals surface area contributed by atoms with Crippen molar-refractivity contribution in [3.8, 4) is 11.4 Å². The molecule has 1 aliphatic rings. The second-order valence-corrected chi connectivity index (χ2v) is 7.54. The molecule has 6 nitrogen and oxygen atoms in total. The van der Waals surface area contributed by atoms with E-state index < -0.39 is 0 Å². The summed E-state index contributed by atoms with van der Waals surface area (Å²) in [7, 11) is 1.92. The number of carbonyl (C=O) groups excluding carboxylic acids is 1. The minimum absolute atomic E-state index is 0.0803. The molecule has 1 aliphatic heterocycles. The lowest BCUT2D eigenvalue weighted by Gasteiger charge is -2.22.